The second kappa shape index (κ2) is 67.9. The predicted octanol–water partition coefficient (Wildman–Crippen LogP) is 17.6. The first kappa shape index (κ1) is 131. The number of hydrogen-bond donors (Lipinski definition) is 3. The number of carboxylic acid groups (broad SMARTS) is 1. The van der Waals surface area contributed by atoms with Gasteiger partial charge in [0.15, 0.2) is 0 Å². The molecule has 6 heterocycles. The van der Waals surface area contributed by atoms with E-state index in [1.165, 1.54) is 54.1 Å². The van der Waals surface area contributed by atoms with Gasteiger partial charge in [-0.15, -0.1) is 0 Å². The van der Waals surface area contributed by atoms with E-state index in [2.05, 4.69) is 88.9 Å². The Balaban J connectivity index is -0.000000257. The fourth-order valence-corrected chi connectivity index (χ4v) is 11.1. The van der Waals surface area contributed by atoms with Gasteiger partial charge in [-0.25, -0.2) is 37.5 Å². The van der Waals surface area contributed by atoms with Gasteiger partial charge in [-0.2, -0.15) is 14.9 Å². The minimum absolute atomic E-state index is 0. The molecule has 6 aliphatic heterocycles. The number of aryl methyl sites for hydroxylation is 1. The molecule has 5 radical (unpaired) electrons. The van der Waals surface area contributed by atoms with Crippen molar-refractivity contribution in [3.05, 3.63) is 121 Å². The number of amides is 4. The van der Waals surface area contributed by atoms with Crippen molar-refractivity contribution in [2.24, 2.45) is 33.0 Å². The number of nitro benzene ring substituents is 1. The van der Waals surface area contributed by atoms with Gasteiger partial charge in [0.1, 0.15) is 75.2 Å². The van der Waals surface area contributed by atoms with Crippen LogP contribution in [0.2, 0.25) is 0 Å². The number of likely N-dealkylation sites (tertiary alicyclic amines) is 3. The molecule has 0 aliphatic carbocycles. The van der Waals surface area contributed by atoms with Crippen LogP contribution in [0.4, 0.5) is 38.0 Å². The van der Waals surface area contributed by atoms with E-state index in [0.29, 0.717) is 93.6 Å². The number of Topliss-reactive ketones (excluding diaryl/α,β-unsaturated/α-hetero) is 4. The first-order valence-corrected chi connectivity index (χ1v) is 43.7. The molecule has 3 aromatic rings. The Hall–Kier alpha value is -8.33. The number of hydrogen-bond acceptors (Lipinski definition) is 26. The summed E-state index contributed by atoms with van der Waals surface area (Å²) >= 11 is 13.3. The molecule has 4 saturated heterocycles. The fraction of sp³-hybridized carbons (Fsp3) is 0.600. The molecule has 41 heteroatoms. The Labute approximate surface area is 789 Å². The minimum atomic E-state index is -1.18. The third-order valence-electron chi connectivity index (χ3n) is 15.8. The van der Waals surface area contributed by atoms with E-state index in [1.54, 1.807) is 96.6 Å². The number of thiol groups is 1. The number of aliphatic imine (C=N–C) groups is 1. The molecule has 0 spiro atoms. The van der Waals surface area contributed by atoms with Crippen LogP contribution < -0.4 is 0 Å². The van der Waals surface area contributed by atoms with Crippen molar-refractivity contribution in [2.45, 2.75) is 219 Å². The Kier molecular flexibility index (Phi) is 70.4. The maximum atomic E-state index is 12.7. The van der Waals surface area contributed by atoms with Crippen LogP contribution in [0, 0.1) is 85.2 Å². The summed E-state index contributed by atoms with van der Waals surface area (Å²) in [6, 6.07) is 16.3. The van der Waals surface area contributed by atoms with E-state index in [4.69, 9.17) is 53.2 Å². The molecule has 0 saturated carbocycles. The number of carbonyl (C=O) groups excluding carboxylic acids is 10. The zero-order valence-corrected chi connectivity index (χ0v) is 81.1. The van der Waals surface area contributed by atoms with Crippen LogP contribution in [0.5, 0.6) is 0 Å². The van der Waals surface area contributed by atoms with Gasteiger partial charge >= 0.3 is 87.2 Å². The summed E-state index contributed by atoms with van der Waals surface area (Å²) in [5.41, 5.74) is 2.38. The number of aliphatic carboxylic acids is 1. The van der Waals surface area contributed by atoms with Gasteiger partial charge in [-0.05, 0) is 180 Å². The van der Waals surface area contributed by atoms with E-state index in [-0.39, 0.29) is 109 Å². The average molecular weight is 2050 g/mol. The first-order chi connectivity index (χ1) is 56.8. The Morgan fingerprint density at radius 2 is 1.05 bits per heavy atom. The summed E-state index contributed by atoms with van der Waals surface area (Å²) in [6.07, 6.45) is 2.32. The molecule has 4 amide bonds. The first-order valence-electron chi connectivity index (χ1n) is 38.3. The van der Waals surface area contributed by atoms with Crippen molar-refractivity contribution in [3.8, 4) is 12.1 Å². The number of nitriles is 2. The molecule has 701 valence electrons. The maximum absolute atomic E-state index is 12.7. The number of halogens is 6. The summed E-state index contributed by atoms with van der Waals surface area (Å²) in [5, 5.41) is 35.6. The van der Waals surface area contributed by atoms with Crippen molar-refractivity contribution in [1.82, 2.24) is 19.6 Å². The molecule has 0 bridgehead atoms. The van der Waals surface area contributed by atoms with Crippen LogP contribution in [0.15, 0.2) is 75.0 Å². The van der Waals surface area contributed by atoms with Gasteiger partial charge in [0, 0.05) is 128 Å². The van der Waals surface area contributed by atoms with Crippen molar-refractivity contribution >= 4 is 176 Å². The van der Waals surface area contributed by atoms with Gasteiger partial charge in [-0.1, -0.05) is 116 Å². The van der Waals surface area contributed by atoms with Crippen LogP contribution in [0.25, 0.3) is 0 Å². The number of nitrogens with zero attached hydrogens (tertiary/aromatic N) is 9. The third kappa shape index (κ3) is 55.4. The molecule has 9 rings (SSSR count). The van der Waals surface area contributed by atoms with Crippen LogP contribution in [0.1, 0.15) is 207 Å². The fourth-order valence-electron chi connectivity index (χ4n) is 10.4. The molecule has 126 heavy (non-hydrogen) atoms. The summed E-state index contributed by atoms with van der Waals surface area (Å²) in [7, 11) is 4.34. The number of nitro groups is 1. The van der Waals surface area contributed by atoms with E-state index in [0.717, 1.165) is 48.5 Å². The number of nitrogens with one attached hydrogen (secondary N) is 1. The SMILES string of the molecule is C.C.C.C1CCOC1.CC(=O)O.CC(C)(C)OC(=O)N1CCC(=O)CC1.CC1CN(C(=O)OC(C)(C)C)CCC1=O.CCOC(=O)C(=O)C1CN(C(=O)OC(C)(C)C)CC(C)C1=O.CCOC(=O)C1=NCC2=C1CN(C(=O)OC(C)(C)C)CC2C.CI.Cc1ccc(F)c(C#N)c1.N#Cc1cc(CBr)ccc1F.O=[N+]([O-])c1cc(CBr)ccc1F.[B].[B]=NS.[NH]=[Al]. The normalized spacial score (nSPS) is 16.1. The van der Waals surface area contributed by atoms with Crippen molar-refractivity contribution in [3.63, 3.8) is 0 Å². The molecular formula is C85H128AlB2Br2F3IN10O21S. The van der Waals surface area contributed by atoms with Crippen molar-refractivity contribution in [2.75, 3.05) is 90.3 Å². The number of carboxylic acids is 1. The number of ether oxygens (including phenoxy) is 7. The third-order valence-corrected chi connectivity index (χ3v) is 17.1. The number of benzene rings is 3. The van der Waals surface area contributed by atoms with E-state index < -0.39 is 92.1 Å². The zero-order chi connectivity index (χ0) is 94.8. The molecule has 0 aromatic heterocycles. The van der Waals surface area contributed by atoms with Crippen molar-refractivity contribution in [1.29, 1.82) is 14.9 Å². The Morgan fingerprint density at radius 3 is 1.44 bits per heavy atom. The van der Waals surface area contributed by atoms with E-state index in [1.807, 2.05) is 88.0 Å². The Morgan fingerprint density at radius 1 is 0.659 bits per heavy atom. The zero-order valence-electron chi connectivity index (χ0n) is 73.7. The summed E-state index contributed by atoms with van der Waals surface area (Å²) in [4.78, 5) is 148. The molecule has 2 N–H and O–H groups in total. The van der Waals surface area contributed by atoms with Crippen LogP contribution in [0.3, 0.4) is 0 Å². The van der Waals surface area contributed by atoms with Gasteiger partial charge in [0.25, 0.3) is 11.8 Å². The summed E-state index contributed by atoms with van der Waals surface area (Å²) in [5.74, 6) is -6.43. The summed E-state index contributed by atoms with van der Waals surface area (Å²) < 4.78 is 82.0. The standard InChI is InChI=1S/C16H24N2O4.C15H23NO6.C11H19NO3.C10H17NO3.C8H5BrFN.C8H6FN.C7H5BrFNO2.C4H8O.C2H4O2.CH3I.3CH4.Al.BHNS.B.HN/c1-6-21-14(19)13-12-9-18(15(20)22-16(3,4)5)8-10(2)11(12)7-17-13;1-6-21-13(19)12(18)10-8-16(7-9(2)11(10)17)14(20)22-15(3,4)5;1-8-7-12(6-5-9(8)13)10(14)15-11(2,3)4;1-10(2,3)14-9(13)11-6-4-8(12)5-7-11;9-4-6-1-2-8(10)7(3-6)5-11;1-6-2-3-8(9)7(4-6)5-10;8-4-5-1-2-6(9)7(3-5)10(11)12;1-2-4-5-3-1;1-2(3)4;1-2;;;;;1-2-3;;/h10H,6-9H2,1-5H3;9-10H,6-8H2,1-5H3;8H,5-7H2,1-4H3;4-7H2,1-3H3;1-3H,4H2;2-4H,1H3;1-3H,4H2;1-4H2;1H3,(H,3,4);1H3;3*1H4;;3H;;1H. The number of esters is 2. The van der Waals surface area contributed by atoms with Crippen molar-refractivity contribution < 1.29 is 109 Å². The number of ketones is 4. The molecule has 4 fully saturated rings. The predicted molar refractivity (Wildman–Crippen MR) is 499 cm³/mol. The van der Waals surface area contributed by atoms with Crippen LogP contribution in [-0.4, -0.2) is 246 Å². The second-order valence-electron chi connectivity index (χ2n) is 30.8. The van der Waals surface area contributed by atoms with Gasteiger partial charge in [-0.3, -0.25) is 39.1 Å². The van der Waals surface area contributed by atoms with Gasteiger partial charge in [0.05, 0.1) is 42.4 Å². The van der Waals surface area contributed by atoms with E-state index >= 15 is 0 Å². The Bertz CT molecular complexity index is 4100. The summed E-state index contributed by atoms with van der Waals surface area (Å²) in [6.45, 7) is 39.2. The molecular weight excluding hydrogens is 1920 g/mol. The molecule has 4 atom stereocenters. The van der Waals surface area contributed by atoms with Crippen LogP contribution >= 0.6 is 67.3 Å². The number of carbonyl (C=O) groups is 11. The number of alkyl halides is 3. The van der Waals surface area contributed by atoms with Crippen LogP contribution in [-0.2, 0) is 77.4 Å². The molecule has 6 aliphatic rings. The molecule has 31 nitrogen and oxygen atoms in total. The second-order valence-corrected chi connectivity index (χ2v) is 32.2. The molecule has 3 aromatic carbocycles. The molecule has 4 unspecified atom stereocenters. The number of piperidine rings is 3. The number of rotatable bonds is 8. The topological polar surface area (TPSA) is 425 Å². The van der Waals surface area contributed by atoms with Gasteiger partial charge in [0.2, 0.25) is 5.82 Å². The average Bonchev–Trinajstić information content (AvgIpc) is 1.54. The quantitative estimate of drug-likeness (QED) is 0.0180. The van der Waals surface area contributed by atoms with Gasteiger partial charge < -0.3 is 57.9 Å². The monoisotopic (exact) mass is 2050 g/mol. The van der Waals surface area contributed by atoms with E-state index in [9.17, 15) is 71.2 Å².